The molecule has 1 atom stereocenters. The number of hydrogen-bond donors (Lipinski definition) is 1. The summed E-state index contributed by atoms with van der Waals surface area (Å²) in [6.07, 6.45) is 2.77. The average Bonchev–Trinajstić information content (AvgIpc) is 2.39. The molecule has 0 saturated carbocycles. The lowest BCUT2D eigenvalue weighted by Crippen LogP contribution is -2.01. The average molecular weight is 317 g/mol. The van der Waals surface area contributed by atoms with Gasteiger partial charge >= 0.3 is 0 Å². The number of benzene rings is 1. The maximum absolute atomic E-state index is 12.4. The fraction of sp³-hybridized carbons (Fsp3) is 0.385. The highest BCUT2D eigenvalue weighted by atomic mass is 79.9. The third-order valence-electron chi connectivity index (χ3n) is 2.38. The molecule has 0 aromatic heterocycles. The van der Waals surface area contributed by atoms with Crippen LogP contribution >= 0.6 is 15.9 Å². The Hall–Kier alpha value is -0.450. The van der Waals surface area contributed by atoms with E-state index in [1.165, 1.54) is 0 Å². The predicted molar refractivity (Wildman–Crippen MR) is 75.4 cm³/mol. The first-order valence-corrected chi connectivity index (χ1v) is 7.60. The maximum atomic E-state index is 12.4. The summed E-state index contributed by atoms with van der Waals surface area (Å²) in [5, 5.41) is 9.16. The van der Waals surface area contributed by atoms with Crippen LogP contribution < -0.4 is 0 Å². The molecule has 94 valence electrons. The molecule has 0 amide bonds. The highest BCUT2D eigenvalue weighted by Crippen LogP contribution is 2.25. The van der Waals surface area contributed by atoms with Crippen LogP contribution in [-0.4, -0.2) is 15.9 Å². The van der Waals surface area contributed by atoms with Crippen molar-refractivity contribution in [1.82, 2.24) is 0 Å². The molecule has 2 nitrogen and oxygen atoms in total. The summed E-state index contributed by atoms with van der Waals surface area (Å²) in [5.41, 5.74) is 0. The van der Waals surface area contributed by atoms with Crippen molar-refractivity contribution in [2.75, 3.05) is 6.61 Å². The van der Waals surface area contributed by atoms with E-state index in [1.54, 1.807) is 0 Å². The van der Waals surface area contributed by atoms with Crippen molar-refractivity contribution in [2.45, 2.75) is 31.1 Å². The van der Waals surface area contributed by atoms with Gasteiger partial charge in [0.05, 0.1) is 17.4 Å². The minimum atomic E-state index is -1.18. The summed E-state index contributed by atoms with van der Waals surface area (Å²) in [4.78, 5) is 1.57. The predicted octanol–water partition coefficient (Wildman–Crippen LogP) is 3.58. The molecule has 0 saturated heterocycles. The van der Waals surface area contributed by atoms with E-state index >= 15 is 0 Å². The first kappa shape index (κ1) is 14.6. The van der Waals surface area contributed by atoms with Gasteiger partial charge in [0, 0.05) is 14.3 Å². The van der Waals surface area contributed by atoms with E-state index in [9.17, 15) is 4.21 Å². The normalized spacial score (nSPS) is 14.3. The van der Waals surface area contributed by atoms with Crippen molar-refractivity contribution in [2.24, 2.45) is 0 Å². The Kier molecular flexibility index (Phi) is 6.70. The fourth-order valence-electron chi connectivity index (χ4n) is 1.44. The summed E-state index contributed by atoms with van der Waals surface area (Å²) >= 11 is 3.31. The van der Waals surface area contributed by atoms with Crippen LogP contribution in [0.15, 0.2) is 44.6 Å². The summed E-state index contributed by atoms with van der Waals surface area (Å²) in [6, 6.07) is 9.34. The SMILES string of the molecule is CCCC/C(=C(\Br)CO)S(=O)c1ccccc1. The van der Waals surface area contributed by atoms with Gasteiger partial charge in [-0.15, -0.1) is 0 Å². The molecule has 0 aliphatic carbocycles. The third-order valence-corrected chi connectivity index (χ3v) is 4.97. The molecular formula is C13H17BrO2S. The molecule has 1 aromatic carbocycles. The molecule has 1 unspecified atom stereocenters. The Morgan fingerprint density at radius 3 is 2.53 bits per heavy atom. The smallest absolute Gasteiger partial charge is 0.0817 e. The molecule has 17 heavy (non-hydrogen) atoms. The van der Waals surface area contributed by atoms with Crippen LogP contribution in [0.5, 0.6) is 0 Å². The van der Waals surface area contributed by atoms with Crippen LogP contribution in [0.25, 0.3) is 0 Å². The van der Waals surface area contributed by atoms with E-state index in [-0.39, 0.29) is 6.61 Å². The van der Waals surface area contributed by atoms with Crippen LogP contribution in [0, 0.1) is 0 Å². The van der Waals surface area contributed by atoms with E-state index in [0.717, 1.165) is 29.1 Å². The third kappa shape index (κ3) is 4.37. The lowest BCUT2D eigenvalue weighted by atomic mass is 10.2. The van der Waals surface area contributed by atoms with Crippen molar-refractivity contribution in [3.05, 3.63) is 39.7 Å². The first-order valence-electron chi connectivity index (χ1n) is 5.66. The van der Waals surface area contributed by atoms with Gasteiger partial charge in [-0.3, -0.25) is 0 Å². The fourth-order valence-corrected chi connectivity index (χ4v) is 3.36. The van der Waals surface area contributed by atoms with Crippen molar-refractivity contribution < 1.29 is 9.32 Å². The first-order chi connectivity index (χ1) is 8.20. The number of rotatable bonds is 6. The number of unbranched alkanes of at least 4 members (excludes halogenated alkanes) is 1. The van der Waals surface area contributed by atoms with Crippen LogP contribution in [0.3, 0.4) is 0 Å². The molecule has 1 aromatic rings. The second kappa shape index (κ2) is 7.80. The van der Waals surface area contributed by atoms with E-state index in [4.69, 9.17) is 5.11 Å². The van der Waals surface area contributed by atoms with Crippen LogP contribution in [0.4, 0.5) is 0 Å². The summed E-state index contributed by atoms with van der Waals surface area (Å²) < 4.78 is 13.0. The molecule has 0 aliphatic heterocycles. The summed E-state index contributed by atoms with van der Waals surface area (Å²) in [7, 11) is -1.18. The van der Waals surface area contributed by atoms with Gasteiger partial charge in [-0.05, 0) is 25.0 Å². The Labute approximate surface area is 113 Å². The van der Waals surface area contributed by atoms with Crippen LogP contribution in [0.1, 0.15) is 26.2 Å². The van der Waals surface area contributed by atoms with Gasteiger partial charge in [-0.2, -0.15) is 0 Å². The zero-order valence-corrected chi connectivity index (χ0v) is 12.3. The lowest BCUT2D eigenvalue weighted by Gasteiger charge is -2.09. The highest BCUT2D eigenvalue weighted by Gasteiger charge is 2.13. The largest absolute Gasteiger partial charge is 0.391 e. The van der Waals surface area contributed by atoms with Gasteiger partial charge in [0.25, 0.3) is 0 Å². The number of allylic oxidation sites excluding steroid dienone is 1. The molecule has 1 rings (SSSR count). The van der Waals surface area contributed by atoms with E-state index in [1.807, 2.05) is 30.3 Å². The number of aliphatic hydroxyl groups excluding tert-OH is 1. The monoisotopic (exact) mass is 316 g/mol. The second-order valence-electron chi connectivity index (χ2n) is 3.67. The molecule has 0 spiro atoms. The quantitative estimate of drug-likeness (QED) is 0.871. The number of aliphatic hydroxyl groups is 1. The second-order valence-corrected chi connectivity index (χ2v) is 6.13. The molecule has 0 heterocycles. The molecule has 0 aliphatic rings. The van der Waals surface area contributed by atoms with Gasteiger partial charge in [0.1, 0.15) is 0 Å². The van der Waals surface area contributed by atoms with Crippen molar-refractivity contribution in [1.29, 1.82) is 0 Å². The van der Waals surface area contributed by atoms with Gasteiger partial charge in [0.15, 0.2) is 0 Å². The number of halogens is 1. The molecule has 0 bridgehead atoms. The summed E-state index contributed by atoms with van der Waals surface area (Å²) in [5.74, 6) is 0. The standard InChI is InChI=1S/C13H17BrO2S/c1-2-3-9-13(12(14)10-15)17(16)11-7-5-4-6-8-11/h4-8,15H,2-3,9-10H2,1H3/b13-12+. The minimum Gasteiger partial charge on any atom is -0.391 e. The number of hydrogen-bond acceptors (Lipinski definition) is 2. The van der Waals surface area contributed by atoms with Gasteiger partial charge in [-0.1, -0.05) is 47.5 Å². The minimum absolute atomic E-state index is 0.0996. The summed E-state index contributed by atoms with van der Waals surface area (Å²) in [6.45, 7) is 1.99. The van der Waals surface area contributed by atoms with Crippen molar-refractivity contribution >= 4 is 26.7 Å². The molecule has 4 heteroatoms. The van der Waals surface area contributed by atoms with E-state index < -0.39 is 10.8 Å². The molecule has 0 fully saturated rings. The molecule has 1 N–H and O–H groups in total. The van der Waals surface area contributed by atoms with E-state index in [2.05, 4.69) is 22.9 Å². The highest BCUT2D eigenvalue weighted by molar-refractivity contribution is 9.11. The topological polar surface area (TPSA) is 37.3 Å². The van der Waals surface area contributed by atoms with Gasteiger partial charge in [0.2, 0.25) is 0 Å². The van der Waals surface area contributed by atoms with Crippen molar-refractivity contribution in [3.63, 3.8) is 0 Å². The zero-order valence-electron chi connectivity index (χ0n) is 9.86. The maximum Gasteiger partial charge on any atom is 0.0817 e. The lowest BCUT2D eigenvalue weighted by molar-refractivity contribution is 0.339. The molecular weight excluding hydrogens is 300 g/mol. The van der Waals surface area contributed by atoms with Crippen LogP contribution in [-0.2, 0) is 10.8 Å². The Balaban J connectivity index is 2.96. The Morgan fingerprint density at radius 1 is 1.35 bits per heavy atom. The van der Waals surface area contributed by atoms with E-state index in [0.29, 0.717) is 4.48 Å². The zero-order chi connectivity index (χ0) is 12.7. The van der Waals surface area contributed by atoms with Gasteiger partial charge < -0.3 is 5.11 Å². The van der Waals surface area contributed by atoms with Crippen LogP contribution in [0.2, 0.25) is 0 Å². The molecule has 0 radical (unpaired) electrons. The van der Waals surface area contributed by atoms with Gasteiger partial charge in [-0.25, -0.2) is 4.21 Å². The van der Waals surface area contributed by atoms with Crippen molar-refractivity contribution in [3.8, 4) is 0 Å². The Morgan fingerprint density at radius 2 is 2.00 bits per heavy atom. The Bertz CT molecular complexity index is 401.